The molecule has 3 aromatic rings. The van der Waals surface area contributed by atoms with Crippen LogP contribution in [0.2, 0.25) is 5.02 Å². The highest BCUT2D eigenvalue weighted by Crippen LogP contribution is 2.38. The number of nitrogens with zero attached hydrogens (tertiary/aromatic N) is 4. The molecule has 2 aromatic heterocycles. The number of rotatable bonds is 5. The number of carbonyl (C=O) groups excluding carboxylic acids is 2. The largest absolute Gasteiger partial charge is 0.322 e. The summed E-state index contributed by atoms with van der Waals surface area (Å²) in [7, 11) is 0. The summed E-state index contributed by atoms with van der Waals surface area (Å²) in [5.41, 5.74) is 2.14. The molecule has 0 atom stereocenters. The molecule has 10 heteroatoms. The maximum Gasteiger partial charge on any atom is 0.258 e. The van der Waals surface area contributed by atoms with Gasteiger partial charge in [-0.2, -0.15) is 5.26 Å². The van der Waals surface area contributed by atoms with E-state index >= 15 is 0 Å². The summed E-state index contributed by atoms with van der Waals surface area (Å²) in [5.74, 6) is -0.611. The Morgan fingerprint density at radius 3 is 2.70 bits per heavy atom. The van der Waals surface area contributed by atoms with Crippen molar-refractivity contribution in [2.45, 2.75) is 32.2 Å². The number of hydrogen-bond donors (Lipinski definition) is 2. The van der Waals surface area contributed by atoms with Crippen LogP contribution in [0.1, 0.15) is 39.5 Å². The Kier molecular flexibility index (Phi) is 5.79. The van der Waals surface area contributed by atoms with E-state index in [0.717, 1.165) is 36.1 Å². The average molecular weight is 441 g/mol. The molecule has 0 radical (unpaired) electrons. The first-order valence-electron chi connectivity index (χ1n) is 9.34. The Bertz CT molecular complexity index is 1150. The molecular weight excluding hydrogens is 424 g/mol. The minimum atomic E-state index is -0.344. The molecule has 0 aliphatic heterocycles. The summed E-state index contributed by atoms with van der Waals surface area (Å²) in [5, 5.41) is 19.5. The third kappa shape index (κ3) is 4.35. The molecule has 0 saturated heterocycles. The van der Waals surface area contributed by atoms with E-state index in [1.54, 1.807) is 24.3 Å². The highest BCUT2D eigenvalue weighted by Gasteiger charge is 2.26. The van der Waals surface area contributed by atoms with Crippen LogP contribution in [0.25, 0.3) is 0 Å². The molecule has 30 heavy (non-hydrogen) atoms. The highest BCUT2D eigenvalue weighted by atomic mass is 35.5. The van der Waals surface area contributed by atoms with Gasteiger partial charge in [-0.05, 0) is 55.5 Å². The molecule has 0 fully saturated rings. The topological polar surface area (TPSA) is 113 Å². The van der Waals surface area contributed by atoms with Crippen molar-refractivity contribution in [3.63, 3.8) is 0 Å². The van der Waals surface area contributed by atoms with Gasteiger partial charge in [-0.3, -0.25) is 9.59 Å². The quantitative estimate of drug-likeness (QED) is 0.628. The number of carbonyl (C=O) groups is 2. The molecular formula is C20H17ClN6O2S. The fraction of sp³-hybridized carbons (Fsp3) is 0.250. The van der Waals surface area contributed by atoms with Crippen LogP contribution in [-0.4, -0.2) is 26.6 Å². The Morgan fingerprint density at radius 1 is 1.20 bits per heavy atom. The van der Waals surface area contributed by atoms with Gasteiger partial charge in [0.15, 0.2) is 0 Å². The number of aryl methyl sites for hydroxylation is 1. The maximum atomic E-state index is 13.1. The number of nitriles is 1. The van der Waals surface area contributed by atoms with Crippen molar-refractivity contribution in [1.29, 1.82) is 5.26 Å². The second-order valence-corrected chi connectivity index (χ2v) is 8.34. The molecule has 1 aliphatic rings. The number of amides is 2. The molecule has 0 saturated carbocycles. The molecule has 2 heterocycles. The van der Waals surface area contributed by atoms with Crippen molar-refractivity contribution in [3.05, 3.63) is 57.4 Å². The Labute approximate surface area is 181 Å². The van der Waals surface area contributed by atoms with E-state index < -0.39 is 0 Å². The third-order valence-electron chi connectivity index (χ3n) is 4.70. The lowest BCUT2D eigenvalue weighted by Gasteiger charge is -2.13. The predicted molar refractivity (Wildman–Crippen MR) is 114 cm³/mol. The zero-order valence-corrected chi connectivity index (χ0v) is 17.4. The van der Waals surface area contributed by atoms with Gasteiger partial charge in [-0.1, -0.05) is 11.6 Å². The standard InChI is InChI=1S/C20H17ClN6O2S/c21-12-5-7-13(8-6-12)24-19(29)18-14-3-1-2-4-15(14)30-20(18)25-17(28)10-27-11-23-16(9-22)26-27/h5-8,11H,1-4,10H2,(H,24,29)(H,25,28). The van der Waals surface area contributed by atoms with Gasteiger partial charge in [0, 0.05) is 15.6 Å². The number of thiophene rings is 1. The SMILES string of the molecule is N#Cc1ncn(CC(=O)Nc2sc3c(c2C(=O)Nc2ccc(Cl)cc2)CCCC3)n1. The van der Waals surface area contributed by atoms with E-state index in [2.05, 4.69) is 20.7 Å². The second-order valence-electron chi connectivity index (χ2n) is 6.80. The lowest BCUT2D eigenvalue weighted by molar-refractivity contribution is -0.116. The van der Waals surface area contributed by atoms with Gasteiger partial charge < -0.3 is 10.6 Å². The minimum Gasteiger partial charge on any atom is -0.322 e. The number of nitrogens with one attached hydrogen (secondary N) is 2. The van der Waals surface area contributed by atoms with Gasteiger partial charge in [0.25, 0.3) is 11.7 Å². The second kappa shape index (κ2) is 8.65. The van der Waals surface area contributed by atoms with Gasteiger partial charge in [0.2, 0.25) is 5.91 Å². The van der Waals surface area contributed by atoms with Crippen LogP contribution in [0.4, 0.5) is 10.7 Å². The number of halogens is 1. The first-order valence-corrected chi connectivity index (χ1v) is 10.5. The van der Waals surface area contributed by atoms with Gasteiger partial charge in [0.1, 0.15) is 23.9 Å². The Balaban J connectivity index is 1.57. The van der Waals surface area contributed by atoms with Gasteiger partial charge in [-0.25, -0.2) is 9.67 Å². The van der Waals surface area contributed by atoms with Crippen molar-refractivity contribution >= 4 is 45.4 Å². The zero-order chi connectivity index (χ0) is 21.1. The predicted octanol–water partition coefficient (Wildman–Crippen LogP) is 3.63. The van der Waals surface area contributed by atoms with Gasteiger partial charge in [-0.15, -0.1) is 16.4 Å². The van der Waals surface area contributed by atoms with Crippen LogP contribution in [-0.2, 0) is 24.2 Å². The molecule has 0 bridgehead atoms. The molecule has 2 amide bonds. The van der Waals surface area contributed by atoms with E-state index in [9.17, 15) is 9.59 Å². The smallest absolute Gasteiger partial charge is 0.258 e. The molecule has 2 N–H and O–H groups in total. The maximum absolute atomic E-state index is 13.1. The minimum absolute atomic E-state index is 0.00239. The Hall–Kier alpha value is -3.22. The molecule has 152 valence electrons. The van der Waals surface area contributed by atoms with E-state index in [1.807, 2.05) is 6.07 Å². The summed E-state index contributed by atoms with van der Waals surface area (Å²) in [4.78, 5) is 30.5. The number of fused-ring (bicyclic) bond motifs is 1. The molecule has 8 nitrogen and oxygen atoms in total. The van der Waals surface area contributed by atoms with Crippen LogP contribution >= 0.6 is 22.9 Å². The van der Waals surface area contributed by atoms with E-state index in [0.29, 0.717) is 21.3 Å². The first kappa shape index (κ1) is 20.1. The molecule has 0 unspecified atom stereocenters. The monoisotopic (exact) mass is 440 g/mol. The fourth-order valence-corrected chi connectivity index (χ4v) is 4.79. The van der Waals surface area contributed by atoms with Crippen LogP contribution in [0.3, 0.4) is 0 Å². The van der Waals surface area contributed by atoms with E-state index in [1.165, 1.54) is 22.3 Å². The zero-order valence-electron chi connectivity index (χ0n) is 15.8. The van der Waals surface area contributed by atoms with Crippen molar-refractivity contribution in [2.75, 3.05) is 10.6 Å². The number of aromatic nitrogens is 3. The van der Waals surface area contributed by atoms with Crippen molar-refractivity contribution in [1.82, 2.24) is 14.8 Å². The Morgan fingerprint density at radius 2 is 1.97 bits per heavy atom. The fourth-order valence-electron chi connectivity index (χ4n) is 3.36. The van der Waals surface area contributed by atoms with Crippen molar-refractivity contribution in [3.8, 4) is 6.07 Å². The van der Waals surface area contributed by atoms with Gasteiger partial charge >= 0.3 is 0 Å². The van der Waals surface area contributed by atoms with Crippen LogP contribution < -0.4 is 10.6 Å². The normalized spacial score (nSPS) is 12.7. The van der Waals surface area contributed by atoms with Gasteiger partial charge in [0.05, 0.1) is 5.56 Å². The van der Waals surface area contributed by atoms with Crippen molar-refractivity contribution in [2.24, 2.45) is 0 Å². The lowest BCUT2D eigenvalue weighted by atomic mass is 9.95. The summed E-state index contributed by atoms with van der Waals surface area (Å²) in [6.07, 6.45) is 5.10. The number of hydrogen-bond acceptors (Lipinski definition) is 6. The van der Waals surface area contributed by atoms with Crippen LogP contribution in [0, 0.1) is 11.3 Å². The molecule has 0 spiro atoms. The number of anilines is 2. The molecule has 4 rings (SSSR count). The van der Waals surface area contributed by atoms with E-state index in [-0.39, 0.29) is 24.2 Å². The first-order chi connectivity index (χ1) is 14.5. The molecule has 1 aliphatic carbocycles. The summed E-state index contributed by atoms with van der Waals surface area (Å²) in [6, 6.07) is 8.69. The summed E-state index contributed by atoms with van der Waals surface area (Å²) in [6.45, 7) is -0.102. The van der Waals surface area contributed by atoms with Crippen LogP contribution in [0.15, 0.2) is 30.6 Å². The van der Waals surface area contributed by atoms with Crippen molar-refractivity contribution < 1.29 is 9.59 Å². The lowest BCUT2D eigenvalue weighted by Crippen LogP contribution is -2.21. The third-order valence-corrected chi connectivity index (χ3v) is 6.15. The summed E-state index contributed by atoms with van der Waals surface area (Å²) >= 11 is 7.35. The van der Waals surface area contributed by atoms with E-state index in [4.69, 9.17) is 16.9 Å². The average Bonchev–Trinajstić information content (AvgIpc) is 3.33. The molecule has 1 aromatic carbocycles. The summed E-state index contributed by atoms with van der Waals surface area (Å²) < 4.78 is 1.29. The highest BCUT2D eigenvalue weighted by molar-refractivity contribution is 7.17. The number of benzene rings is 1. The van der Waals surface area contributed by atoms with Crippen LogP contribution in [0.5, 0.6) is 0 Å².